The number of ether oxygens (including phenoxy) is 2. The zero-order chi connectivity index (χ0) is 54.2. The Kier molecular flexibility index (Phi) is 52.4. The molecule has 0 fully saturated rings. The Morgan fingerprint density at radius 1 is 0.432 bits per heavy atom. The van der Waals surface area contributed by atoms with Gasteiger partial charge in [0.2, 0.25) is 0 Å². The first-order valence-electron chi connectivity index (χ1n) is 30.0. The third-order valence-electron chi connectivity index (χ3n) is 12.6. The molecule has 0 aliphatic rings. The van der Waals surface area contributed by atoms with Crippen molar-refractivity contribution in [2.75, 3.05) is 47.5 Å². The zero-order valence-electron chi connectivity index (χ0n) is 48.3. The topological polar surface area (TPSA) is 108 Å². The Hall–Kier alpha value is -3.07. The van der Waals surface area contributed by atoms with Crippen LogP contribution in [0.25, 0.3) is 0 Å². The molecule has 0 radical (unpaired) electrons. The van der Waals surface area contributed by atoms with Crippen LogP contribution in [-0.2, 0) is 32.7 Å². The van der Waals surface area contributed by atoms with E-state index >= 15 is 0 Å². The Morgan fingerprint density at radius 3 is 1.15 bits per heavy atom. The van der Waals surface area contributed by atoms with Crippen LogP contribution in [0, 0.1) is 0 Å². The van der Waals surface area contributed by atoms with Crippen LogP contribution in [0.4, 0.5) is 0 Å². The average molecular weight is 1060 g/mol. The molecule has 0 aliphatic heterocycles. The molecule has 0 amide bonds. The molecule has 1 N–H and O–H groups in total. The van der Waals surface area contributed by atoms with Gasteiger partial charge >= 0.3 is 19.8 Å². The maximum atomic E-state index is 12.8. The standard InChI is InChI=1S/C64H112NO8P/c1-6-8-10-12-14-16-18-20-21-22-23-24-25-26-27-28-29-30-31-32-33-34-35-36-37-38-39-40-41-42-43-45-47-49-51-53-55-57-64(67)73-62(61-72-74(68,69)71-59-58-65(3,4)5)60-70-63(66)56-54-52-50-48-46-44-19-17-15-13-11-9-7-2/h8,10-11,13-14,16-17,19-21,23-24,26-27,29-30,62H,6-7,9,12,15,18,22,25,28,31-61H2,1-5H3/p+1/b10-8-,13-11-,16-14-,19-17-,21-20-,24-23-,27-26-,30-29-. The zero-order valence-corrected chi connectivity index (χ0v) is 49.2. The number of allylic oxidation sites excluding steroid dienone is 16. The molecule has 9 nitrogen and oxygen atoms in total. The number of hydrogen-bond acceptors (Lipinski definition) is 7. The van der Waals surface area contributed by atoms with Crippen LogP contribution in [0.1, 0.15) is 245 Å². The van der Waals surface area contributed by atoms with Crippen LogP contribution in [-0.4, -0.2) is 74.9 Å². The van der Waals surface area contributed by atoms with E-state index in [1.807, 2.05) is 21.1 Å². The molecule has 10 heteroatoms. The smallest absolute Gasteiger partial charge is 0.462 e. The molecule has 0 aromatic heterocycles. The molecule has 0 spiro atoms. The first-order chi connectivity index (χ1) is 36.0. The fourth-order valence-electron chi connectivity index (χ4n) is 8.00. The van der Waals surface area contributed by atoms with Gasteiger partial charge in [0.1, 0.15) is 19.8 Å². The number of esters is 2. The first-order valence-corrected chi connectivity index (χ1v) is 31.5. The molecule has 0 aromatic carbocycles. The van der Waals surface area contributed by atoms with Crippen molar-refractivity contribution in [3.63, 3.8) is 0 Å². The number of carbonyl (C=O) groups excluding carboxylic acids is 2. The number of hydrogen-bond donors (Lipinski definition) is 1. The van der Waals surface area contributed by atoms with E-state index in [1.165, 1.54) is 109 Å². The van der Waals surface area contributed by atoms with Crippen molar-refractivity contribution in [2.45, 2.75) is 251 Å². The third kappa shape index (κ3) is 58.2. The van der Waals surface area contributed by atoms with Crippen molar-refractivity contribution in [1.29, 1.82) is 0 Å². The summed E-state index contributed by atoms with van der Waals surface area (Å²) in [5.41, 5.74) is 0. The lowest BCUT2D eigenvalue weighted by atomic mass is 10.0. The predicted octanol–water partition coefficient (Wildman–Crippen LogP) is 18.8. The number of nitrogens with zero attached hydrogens (tertiary/aromatic N) is 1. The van der Waals surface area contributed by atoms with Gasteiger partial charge in [0, 0.05) is 12.8 Å². The van der Waals surface area contributed by atoms with Crippen molar-refractivity contribution in [3.05, 3.63) is 97.2 Å². The second-order valence-corrected chi connectivity index (χ2v) is 22.5. The van der Waals surface area contributed by atoms with Gasteiger partial charge in [0.05, 0.1) is 27.7 Å². The third-order valence-corrected chi connectivity index (χ3v) is 13.6. The molecule has 0 saturated heterocycles. The largest absolute Gasteiger partial charge is 0.472 e. The van der Waals surface area contributed by atoms with Gasteiger partial charge in [-0.1, -0.05) is 239 Å². The summed E-state index contributed by atoms with van der Waals surface area (Å²) in [5.74, 6) is -0.813. The molecule has 2 atom stereocenters. The van der Waals surface area contributed by atoms with Crippen molar-refractivity contribution in [3.8, 4) is 0 Å². The fourth-order valence-corrected chi connectivity index (χ4v) is 8.74. The molecule has 0 saturated carbocycles. The molecule has 0 aromatic rings. The predicted molar refractivity (Wildman–Crippen MR) is 316 cm³/mol. The molecule has 0 aliphatic carbocycles. The van der Waals surface area contributed by atoms with Crippen LogP contribution >= 0.6 is 7.82 Å². The Bertz CT molecular complexity index is 1570. The molecule has 426 valence electrons. The van der Waals surface area contributed by atoms with Gasteiger partial charge in [0.15, 0.2) is 6.10 Å². The Labute approximate surface area is 455 Å². The van der Waals surface area contributed by atoms with Gasteiger partial charge in [0.25, 0.3) is 0 Å². The second-order valence-electron chi connectivity index (χ2n) is 21.0. The highest BCUT2D eigenvalue weighted by Gasteiger charge is 2.27. The van der Waals surface area contributed by atoms with Crippen LogP contribution < -0.4 is 0 Å². The number of unbranched alkanes of at least 4 members (excludes halogenated alkanes) is 24. The van der Waals surface area contributed by atoms with Gasteiger partial charge in [-0.3, -0.25) is 18.6 Å². The fraction of sp³-hybridized carbons (Fsp3) is 0.719. The van der Waals surface area contributed by atoms with E-state index in [2.05, 4.69) is 111 Å². The summed E-state index contributed by atoms with van der Waals surface area (Å²) in [6, 6.07) is 0. The molecule has 74 heavy (non-hydrogen) atoms. The minimum atomic E-state index is -4.39. The summed E-state index contributed by atoms with van der Waals surface area (Å²) < 4.78 is 34.5. The van der Waals surface area contributed by atoms with Crippen LogP contribution in [0.5, 0.6) is 0 Å². The van der Waals surface area contributed by atoms with Gasteiger partial charge in [-0.2, -0.15) is 0 Å². The number of likely N-dealkylation sites (N-methyl/N-ethyl adjacent to an activating group) is 1. The molecule has 0 rings (SSSR count). The second kappa shape index (κ2) is 54.7. The van der Waals surface area contributed by atoms with E-state index in [9.17, 15) is 19.0 Å². The lowest BCUT2D eigenvalue weighted by Gasteiger charge is -2.24. The first kappa shape index (κ1) is 70.9. The highest BCUT2D eigenvalue weighted by atomic mass is 31.2. The Balaban J connectivity index is 3.99. The molecule has 0 bridgehead atoms. The number of carbonyl (C=O) groups is 2. The van der Waals surface area contributed by atoms with Gasteiger partial charge in [-0.15, -0.1) is 0 Å². The maximum absolute atomic E-state index is 12.8. The average Bonchev–Trinajstić information content (AvgIpc) is 3.36. The molecular formula is C64H113NO8P+. The van der Waals surface area contributed by atoms with E-state index in [0.717, 1.165) is 103 Å². The van der Waals surface area contributed by atoms with Crippen molar-refractivity contribution in [2.24, 2.45) is 0 Å². The van der Waals surface area contributed by atoms with E-state index in [1.54, 1.807) is 0 Å². The summed E-state index contributed by atoms with van der Waals surface area (Å²) in [7, 11) is 1.47. The molecule has 2 unspecified atom stereocenters. The van der Waals surface area contributed by atoms with Crippen LogP contribution in [0.15, 0.2) is 97.2 Å². The van der Waals surface area contributed by atoms with Crippen LogP contribution in [0.3, 0.4) is 0 Å². The van der Waals surface area contributed by atoms with Gasteiger partial charge < -0.3 is 18.9 Å². The minimum absolute atomic E-state index is 0.0270. The normalized spacial score (nSPS) is 14.0. The van der Waals surface area contributed by atoms with Gasteiger partial charge in [-0.05, 0) is 89.9 Å². The van der Waals surface area contributed by atoms with E-state index < -0.39 is 26.5 Å². The number of phosphoric acid groups is 1. The molecular weight excluding hydrogens is 942 g/mol. The van der Waals surface area contributed by atoms with E-state index in [0.29, 0.717) is 17.4 Å². The number of phosphoric ester groups is 1. The lowest BCUT2D eigenvalue weighted by Crippen LogP contribution is -2.37. The minimum Gasteiger partial charge on any atom is -0.462 e. The summed E-state index contributed by atoms with van der Waals surface area (Å²) in [4.78, 5) is 35.6. The van der Waals surface area contributed by atoms with Crippen LogP contribution in [0.2, 0.25) is 0 Å². The summed E-state index contributed by atoms with van der Waals surface area (Å²) >= 11 is 0. The maximum Gasteiger partial charge on any atom is 0.472 e. The van der Waals surface area contributed by atoms with E-state index in [-0.39, 0.29) is 32.0 Å². The quantitative estimate of drug-likeness (QED) is 0.0211. The summed E-state index contributed by atoms with van der Waals surface area (Å²) in [6.07, 6.45) is 75.0. The monoisotopic (exact) mass is 1050 g/mol. The van der Waals surface area contributed by atoms with E-state index in [4.69, 9.17) is 18.5 Å². The highest BCUT2D eigenvalue weighted by Crippen LogP contribution is 2.43. The van der Waals surface area contributed by atoms with Crippen molar-refractivity contribution < 1.29 is 42.1 Å². The van der Waals surface area contributed by atoms with Crippen molar-refractivity contribution >= 4 is 19.8 Å². The number of quaternary nitrogens is 1. The Morgan fingerprint density at radius 2 is 0.770 bits per heavy atom. The number of rotatable bonds is 54. The van der Waals surface area contributed by atoms with Crippen molar-refractivity contribution in [1.82, 2.24) is 0 Å². The summed E-state index contributed by atoms with van der Waals surface area (Å²) in [5, 5.41) is 0. The summed E-state index contributed by atoms with van der Waals surface area (Å²) in [6.45, 7) is 4.24. The highest BCUT2D eigenvalue weighted by molar-refractivity contribution is 7.47. The molecule has 0 heterocycles. The SMILES string of the molecule is CC/C=C\C/C=C\C/C=C\C/C=C\C/C=C\C/C=C\CCCCCCCCCCCCCCCCCCCCC(=O)OC(COC(=O)CCCCCCC/C=C\C/C=C\CCC)COP(=O)(O)OCC[N+](C)(C)C. The lowest BCUT2D eigenvalue weighted by molar-refractivity contribution is -0.870. The van der Waals surface area contributed by atoms with Gasteiger partial charge in [-0.25, -0.2) is 4.57 Å².